The average Bonchev–Trinajstić information content (AvgIpc) is 2.90. The summed E-state index contributed by atoms with van der Waals surface area (Å²) in [5.74, 6) is -0.726. The van der Waals surface area contributed by atoms with Gasteiger partial charge in [-0.3, -0.25) is 4.79 Å². The lowest BCUT2D eigenvalue weighted by atomic mass is 10.0. The van der Waals surface area contributed by atoms with E-state index in [1.807, 2.05) is 0 Å². The van der Waals surface area contributed by atoms with Crippen molar-refractivity contribution in [3.8, 4) is 6.07 Å². The monoisotopic (exact) mass is 424 g/mol. The number of anilines is 1. The normalized spacial score (nSPS) is 19.6. The minimum Gasteiger partial charge on any atom is -0.404 e. The fraction of sp³-hybridized carbons (Fsp3) is 0.529. The van der Waals surface area contributed by atoms with Crippen molar-refractivity contribution in [2.45, 2.75) is 57.0 Å². The number of halogens is 6. The zero-order valence-electron chi connectivity index (χ0n) is 15.3. The average molecular weight is 424 g/mol. The van der Waals surface area contributed by atoms with Crippen molar-refractivity contribution >= 4 is 19.9 Å². The minimum absolute atomic E-state index is 0.200. The van der Waals surface area contributed by atoms with Crippen molar-refractivity contribution in [3.63, 3.8) is 0 Å². The van der Waals surface area contributed by atoms with E-state index in [9.17, 15) is 31.1 Å². The summed E-state index contributed by atoms with van der Waals surface area (Å²) in [5.41, 5.74) is -2.32. The van der Waals surface area contributed by atoms with Gasteiger partial charge in [0.15, 0.2) is 14.4 Å². The molecule has 1 aromatic rings. The van der Waals surface area contributed by atoms with E-state index in [1.54, 1.807) is 19.6 Å². The lowest BCUT2D eigenvalue weighted by Gasteiger charge is -2.36. The molecule has 1 aliphatic rings. The van der Waals surface area contributed by atoms with Crippen LogP contribution < -0.4 is 4.90 Å². The van der Waals surface area contributed by atoms with E-state index in [1.165, 1.54) is 6.07 Å². The first-order valence-electron chi connectivity index (χ1n) is 8.33. The highest BCUT2D eigenvalue weighted by molar-refractivity contribution is 6.69. The van der Waals surface area contributed by atoms with Crippen molar-refractivity contribution < 1.29 is 35.6 Å². The van der Waals surface area contributed by atoms with Gasteiger partial charge < -0.3 is 9.33 Å². The molecule has 2 atom stereocenters. The molecule has 1 amide bonds. The van der Waals surface area contributed by atoms with Gasteiger partial charge in [0.25, 0.3) is 0 Å². The molecule has 11 heteroatoms. The lowest BCUT2D eigenvalue weighted by molar-refractivity contribution is -0.202. The second kappa shape index (κ2) is 7.40. The van der Waals surface area contributed by atoms with Crippen LogP contribution in [-0.4, -0.2) is 32.5 Å². The molecule has 0 bridgehead atoms. The number of nitrogens with zero attached hydrogens (tertiary/aromatic N) is 2. The van der Waals surface area contributed by atoms with Crippen LogP contribution in [0.4, 0.5) is 32.0 Å². The highest BCUT2D eigenvalue weighted by Gasteiger charge is 2.52. The molecule has 1 fully saturated rings. The Balaban J connectivity index is 2.53. The molecular formula is C17H18F6N2O2Si. The predicted octanol–water partition coefficient (Wildman–Crippen LogP) is 4.85. The van der Waals surface area contributed by atoms with Gasteiger partial charge in [0.05, 0.1) is 23.2 Å². The Morgan fingerprint density at radius 2 is 1.82 bits per heavy atom. The third kappa shape index (κ3) is 4.85. The Bertz CT molecular complexity index is 795. The van der Waals surface area contributed by atoms with Crippen LogP contribution in [0.25, 0.3) is 0 Å². The minimum atomic E-state index is -4.89. The molecule has 0 aliphatic carbocycles. The van der Waals surface area contributed by atoms with Crippen molar-refractivity contribution in [2.75, 3.05) is 4.90 Å². The van der Waals surface area contributed by atoms with Crippen LogP contribution in [0.3, 0.4) is 0 Å². The summed E-state index contributed by atoms with van der Waals surface area (Å²) >= 11 is 0. The molecule has 1 aliphatic heterocycles. The van der Waals surface area contributed by atoms with E-state index >= 15 is 0 Å². The van der Waals surface area contributed by atoms with Gasteiger partial charge in [-0.05, 0) is 44.3 Å². The van der Waals surface area contributed by atoms with E-state index < -0.39 is 49.8 Å². The summed E-state index contributed by atoms with van der Waals surface area (Å²) in [6.45, 7) is 4.66. The molecule has 2 rings (SSSR count). The third-order valence-electron chi connectivity index (χ3n) is 4.11. The number of hydrogen-bond acceptors (Lipinski definition) is 3. The van der Waals surface area contributed by atoms with Crippen LogP contribution in [0, 0.1) is 11.3 Å². The Hall–Kier alpha value is -2.06. The molecule has 0 spiro atoms. The zero-order chi connectivity index (χ0) is 21.5. The maximum atomic E-state index is 13.6. The van der Waals surface area contributed by atoms with Crippen molar-refractivity contribution in [1.82, 2.24) is 0 Å². The standard InChI is InChI=1S/C17H18F6N2O2Si/c1-28(2,3)27-15(17(21,22)23)13-6-7-14(26)25(13)11-5-4-10(9-24)12(8-11)16(18,19)20/h4-5,8,13,15H,6-7H2,1-3H3/t13-,15?/m1/s1. The van der Waals surface area contributed by atoms with E-state index in [0.29, 0.717) is 11.0 Å². The smallest absolute Gasteiger partial charge is 0.404 e. The van der Waals surface area contributed by atoms with Crippen molar-refractivity contribution in [1.29, 1.82) is 5.26 Å². The fourth-order valence-electron chi connectivity index (χ4n) is 3.09. The number of rotatable bonds is 4. The first kappa shape index (κ1) is 22.2. The first-order valence-corrected chi connectivity index (χ1v) is 11.7. The molecule has 154 valence electrons. The summed E-state index contributed by atoms with van der Waals surface area (Å²) in [5, 5.41) is 8.87. The number of nitriles is 1. The molecule has 4 nitrogen and oxygen atoms in total. The van der Waals surface area contributed by atoms with Crippen LogP contribution in [0.15, 0.2) is 18.2 Å². The SMILES string of the molecule is C[Si](C)(C)OC([C@H]1CCC(=O)N1c1ccc(C#N)c(C(F)(F)F)c1)C(F)(F)F. The van der Waals surface area contributed by atoms with Gasteiger partial charge in [-0.15, -0.1) is 0 Å². The number of carbonyl (C=O) groups excluding carboxylic acids is 1. The topological polar surface area (TPSA) is 53.3 Å². The largest absolute Gasteiger partial charge is 0.417 e. The van der Waals surface area contributed by atoms with Gasteiger partial charge in [-0.1, -0.05) is 0 Å². The van der Waals surface area contributed by atoms with Crippen LogP contribution in [0.5, 0.6) is 0 Å². The van der Waals surface area contributed by atoms with Crippen LogP contribution in [0.1, 0.15) is 24.0 Å². The molecule has 1 unspecified atom stereocenters. The van der Waals surface area contributed by atoms with Gasteiger partial charge in [0, 0.05) is 12.1 Å². The first-order chi connectivity index (χ1) is 12.6. The molecule has 28 heavy (non-hydrogen) atoms. The summed E-state index contributed by atoms with van der Waals surface area (Å²) in [6, 6.07) is 2.36. The Kier molecular flexibility index (Phi) is 5.88. The Labute approximate surface area is 158 Å². The van der Waals surface area contributed by atoms with Crippen LogP contribution >= 0.6 is 0 Å². The quantitative estimate of drug-likeness (QED) is 0.513. The van der Waals surface area contributed by atoms with E-state index in [4.69, 9.17) is 9.69 Å². The molecular weight excluding hydrogens is 406 g/mol. The van der Waals surface area contributed by atoms with Crippen molar-refractivity contribution in [3.05, 3.63) is 29.3 Å². The highest BCUT2D eigenvalue weighted by Crippen LogP contribution is 2.40. The van der Waals surface area contributed by atoms with Gasteiger partial charge >= 0.3 is 12.4 Å². The van der Waals surface area contributed by atoms with Gasteiger partial charge in [0.1, 0.15) is 0 Å². The van der Waals surface area contributed by atoms with E-state index in [0.717, 1.165) is 12.1 Å². The predicted molar refractivity (Wildman–Crippen MR) is 90.9 cm³/mol. The van der Waals surface area contributed by atoms with Crippen LogP contribution in [0.2, 0.25) is 19.6 Å². The molecule has 0 aromatic heterocycles. The molecule has 0 N–H and O–H groups in total. The molecule has 0 radical (unpaired) electrons. The zero-order valence-corrected chi connectivity index (χ0v) is 16.3. The molecule has 1 aromatic carbocycles. The number of carbonyl (C=O) groups is 1. The Morgan fingerprint density at radius 1 is 1.21 bits per heavy atom. The maximum Gasteiger partial charge on any atom is 0.417 e. The second-order valence-corrected chi connectivity index (χ2v) is 11.9. The number of benzene rings is 1. The highest BCUT2D eigenvalue weighted by atomic mass is 28.4. The molecule has 1 heterocycles. The summed E-state index contributed by atoms with van der Waals surface area (Å²) in [6.07, 6.45) is -12.4. The van der Waals surface area contributed by atoms with E-state index in [2.05, 4.69) is 0 Å². The van der Waals surface area contributed by atoms with Crippen molar-refractivity contribution in [2.24, 2.45) is 0 Å². The summed E-state index contributed by atoms with van der Waals surface area (Å²) in [4.78, 5) is 13.0. The van der Waals surface area contributed by atoms with E-state index in [-0.39, 0.29) is 18.5 Å². The number of amides is 1. The summed E-state index contributed by atoms with van der Waals surface area (Å²) < 4.78 is 85.8. The van der Waals surface area contributed by atoms with Gasteiger partial charge in [-0.25, -0.2) is 0 Å². The number of hydrogen-bond donors (Lipinski definition) is 0. The van der Waals surface area contributed by atoms with Crippen LogP contribution in [-0.2, 0) is 15.4 Å². The second-order valence-electron chi connectivity index (χ2n) is 7.40. The Morgan fingerprint density at radius 3 is 2.29 bits per heavy atom. The third-order valence-corrected chi connectivity index (χ3v) is 5.08. The molecule has 1 saturated heterocycles. The lowest BCUT2D eigenvalue weighted by Crippen LogP contribution is -2.53. The van der Waals surface area contributed by atoms with Gasteiger partial charge in [-0.2, -0.15) is 31.6 Å². The van der Waals surface area contributed by atoms with Gasteiger partial charge in [0.2, 0.25) is 5.91 Å². The maximum absolute atomic E-state index is 13.6. The molecule has 0 saturated carbocycles. The fourth-order valence-corrected chi connectivity index (χ4v) is 4.14. The summed E-state index contributed by atoms with van der Waals surface area (Å²) in [7, 11) is -2.69. The number of alkyl halides is 6.